The standard InChI is InChI=1S/C30H37N3O6/c1-6-8-17-39-22-13-12-21(18-23(22)38-7-2)26-24(28(35)30(36)33(26)15-10-16-37-5)27(34)25-20(4)32-14-9-11-19(3)29(32)31-25/h9,11-14,18,26,34H,6-8,10,15-17H2,1-5H3. The molecule has 3 heterocycles. The molecule has 4 rings (SSSR count). The Bertz CT molecular complexity index is 1390. The van der Waals surface area contributed by atoms with Crippen LogP contribution in [0, 0.1) is 13.8 Å². The minimum atomic E-state index is -0.823. The summed E-state index contributed by atoms with van der Waals surface area (Å²) >= 11 is 0. The molecule has 0 spiro atoms. The first-order chi connectivity index (χ1) is 18.8. The Kier molecular flexibility index (Phi) is 8.91. The number of Topliss-reactive ketones (excluding diaryl/α,β-unsaturated/α-hetero) is 1. The van der Waals surface area contributed by atoms with Crippen LogP contribution in [-0.2, 0) is 14.3 Å². The molecule has 0 bridgehead atoms. The molecule has 0 aliphatic carbocycles. The van der Waals surface area contributed by atoms with Crippen LogP contribution in [0.25, 0.3) is 11.4 Å². The molecule has 1 N–H and O–H groups in total. The van der Waals surface area contributed by atoms with E-state index in [1.54, 1.807) is 19.2 Å². The second-order valence-electron chi connectivity index (χ2n) is 9.61. The van der Waals surface area contributed by atoms with Gasteiger partial charge in [0.05, 0.1) is 30.5 Å². The number of fused-ring (bicyclic) bond motifs is 1. The Morgan fingerprint density at radius 1 is 1.05 bits per heavy atom. The van der Waals surface area contributed by atoms with Crippen molar-refractivity contribution in [1.29, 1.82) is 0 Å². The first-order valence-electron chi connectivity index (χ1n) is 13.4. The number of aliphatic hydroxyl groups is 1. The van der Waals surface area contributed by atoms with Crippen molar-refractivity contribution in [3.05, 3.63) is 64.6 Å². The zero-order valence-electron chi connectivity index (χ0n) is 23.3. The van der Waals surface area contributed by atoms with Gasteiger partial charge in [-0.1, -0.05) is 25.5 Å². The molecule has 1 saturated heterocycles. The molecule has 3 aromatic rings. The number of likely N-dealkylation sites (tertiary alicyclic amines) is 1. The second-order valence-corrected chi connectivity index (χ2v) is 9.61. The summed E-state index contributed by atoms with van der Waals surface area (Å²) < 4.78 is 18.9. The molecule has 9 nitrogen and oxygen atoms in total. The quantitative estimate of drug-likeness (QED) is 0.151. The lowest BCUT2D eigenvalue weighted by Crippen LogP contribution is -2.31. The van der Waals surface area contributed by atoms with E-state index in [-0.39, 0.29) is 23.6 Å². The van der Waals surface area contributed by atoms with Crippen molar-refractivity contribution in [2.75, 3.05) is 33.5 Å². The molecule has 0 radical (unpaired) electrons. The van der Waals surface area contributed by atoms with Gasteiger partial charge in [-0.3, -0.25) is 9.59 Å². The minimum absolute atomic E-state index is 0.00340. The number of ether oxygens (including phenoxy) is 3. The van der Waals surface area contributed by atoms with Gasteiger partial charge in [-0.25, -0.2) is 4.98 Å². The van der Waals surface area contributed by atoms with E-state index in [9.17, 15) is 14.7 Å². The lowest BCUT2D eigenvalue weighted by atomic mass is 9.96. The van der Waals surface area contributed by atoms with E-state index in [0.29, 0.717) is 54.6 Å². The predicted molar refractivity (Wildman–Crippen MR) is 148 cm³/mol. The monoisotopic (exact) mass is 535 g/mol. The highest BCUT2D eigenvalue weighted by Crippen LogP contribution is 2.42. The number of pyridine rings is 1. The SMILES string of the molecule is CCCCOc1ccc(C2C(=C(O)c3nc4c(C)cccn4c3C)C(=O)C(=O)N2CCCOC)cc1OCC. The van der Waals surface area contributed by atoms with Crippen molar-refractivity contribution >= 4 is 23.1 Å². The third-order valence-corrected chi connectivity index (χ3v) is 6.93. The number of rotatable bonds is 12. The maximum absolute atomic E-state index is 13.5. The fourth-order valence-electron chi connectivity index (χ4n) is 4.92. The topological polar surface area (TPSA) is 103 Å². The largest absolute Gasteiger partial charge is 0.505 e. The predicted octanol–water partition coefficient (Wildman–Crippen LogP) is 4.99. The second kappa shape index (κ2) is 12.3. The number of benzene rings is 1. The van der Waals surface area contributed by atoms with Gasteiger partial charge in [0.1, 0.15) is 11.3 Å². The van der Waals surface area contributed by atoms with E-state index < -0.39 is 17.7 Å². The Morgan fingerprint density at radius 2 is 1.85 bits per heavy atom. The third-order valence-electron chi connectivity index (χ3n) is 6.93. The summed E-state index contributed by atoms with van der Waals surface area (Å²) in [6, 6.07) is 8.41. The summed E-state index contributed by atoms with van der Waals surface area (Å²) in [5, 5.41) is 11.6. The average molecular weight is 536 g/mol. The zero-order valence-corrected chi connectivity index (χ0v) is 23.3. The Morgan fingerprint density at radius 3 is 2.54 bits per heavy atom. The Hall–Kier alpha value is -3.85. The van der Waals surface area contributed by atoms with Gasteiger partial charge in [0.2, 0.25) is 0 Å². The average Bonchev–Trinajstić information content (AvgIpc) is 3.39. The van der Waals surface area contributed by atoms with E-state index >= 15 is 0 Å². The van der Waals surface area contributed by atoms with Crippen molar-refractivity contribution in [2.45, 2.75) is 53.0 Å². The number of aromatic nitrogens is 2. The van der Waals surface area contributed by atoms with E-state index in [0.717, 1.165) is 18.4 Å². The number of aliphatic hydroxyl groups excluding tert-OH is 1. The molecule has 1 unspecified atom stereocenters. The van der Waals surface area contributed by atoms with Crippen LogP contribution in [0.5, 0.6) is 11.5 Å². The van der Waals surface area contributed by atoms with E-state index in [2.05, 4.69) is 11.9 Å². The van der Waals surface area contributed by atoms with Crippen LogP contribution in [0.3, 0.4) is 0 Å². The molecule has 9 heteroatoms. The van der Waals surface area contributed by atoms with E-state index in [4.69, 9.17) is 14.2 Å². The van der Waals surface area contributed by atoms with Crippen molar-refractivity contribution < 1.29 is 28.9 Å². The van der Waals surface area contributed by atoms with Gasteiger partial charge in [-0.15, -0.1) is 0 Å². The van der Waals surface area contributed by atoms with Crippen LogP contribution < -0.4 is 9.47 Å². The number of ketones is 1. The lowest BCUT2D eigenvalue weighted by molar-refractivity contribution is -0.140. The van der Waals surface area contributed by atoms with Crippen LogP contribution in [0.15, 0.2) is 42.1 Å². The van der Waals surface area contributed by atoms with Gasteiger partial charge < -0.3 is 28.6 Å². The molecule has 1 atom stereocenters. The number of hydrogen-bond donors (Lipinski definition) is 1. The molecular formula is C30H37N3O6. The van der Waals surface area contributed by atoms with Crippen molar-refractivity contribution in [3.8, 4) is 11.5 Å². The van der Waals surface area contributed by atoms with Gasteiger partial charge in [0.25, 0.3) is 11.7 Å². The first-order valence-corrected chi connectivity index (χ1v) is 13.4. The number of amides is 1. The third kappa shape index (κ3) is 5.49. The maximum Gasteiger partial charge on any atom is 0.295 e. The van der Waals surface area contributed by atoms with Gasteiger partial charge in [0.15, 0.2) is 17.3 Å². The van der Waals surface area contributed by atoms with E-state index in [1.165, 1.54) is 4.90 Å². The first kappa shape index (κ1) is 28.2. The number of carbonyl (C=O) groups excluding carboxylic acids is 2. The molecule has 39 heavy (non-hydrogen) atoms. The summed E-state index contributed by atoms with van der Waals surface area (Å²) in [5.74, 6) is -0.597. The molecule has 1 fully saturated rings. The highest BCUT2D eigenvalue weighted by atomic mass is 16.5. The number of nitrogens with zero attached hydrogens (tertiary/aromatic N) is 3. The molecule has 2 aromatic heterocycles. The zero-order chi connectivity index (χ0) is 28.1. The molecular weight excluding hydrogens is 498 g/mol. The smallest absolute Gasteiger partial charge is 0.295 e. The molecule has 1 amide bonds. The summed E-state index contributed by atoms with van der Waals surface area (Å²) in [7, 11) is 1.59. The summed E-state index contributed by atoms with van der Waals surface area (Å²) in [4.78, 5) is 32.9. The summed E-state index contributed by atoms with van der Waals surface area (Å²) in [5.41, 5.74) is 3.19. The van der Waals surface area contributed by atoms with Crippen LogP contribution >= 0.6 is 0 Å². The summed E-state index contributed by atoms with van der Waals surface area (Å²) in [6.45, 7) is 9.41. The summed E-state index contributed by atoms with van der Waals surface area (Å²) in [6.07, 6.45) is 4.29. The van der Waals surface area contributed by atoms with Crippen molar-refractivity contribution in [1.82, 2.24) is 14.3 Å². The van der Waals surface area contributed by atoms with Crippen molar-refractivity contribution in [3.63, 3.8) is 0 Å². The number of carbonyl (C=O) groups is 2. The fourth-order valence-corrected chi connectivity index (χ4v) is 4.92. The lowest BCUT2D eigenvalue weighted by Gasteiger charge is -2.26. The van der Waals surface area contributed by atoms with Crippen LogP contribution in [0.1, 0.15) is 61.7 Å². The number of unbranched alkanes of at least 4 members (excludes halogenated alkanes) is 1. The highest BCUT2D eigenvalue weighted by molar-refractivity contribution is 6.46. The molecule has 1 aliphatic heterocycles. The van der Waals surface area contributed by atoms with Gasteiger partial charge in [-0.2, -0.15) is 0 Å². The number of aryl methyl sites for hydroxylation is 2. The fraction of sp³-hybridized carbons (Fsp3) is 0.433. The van der Waals surface area contributed by atoms with Crippen LogP contribution in [0.4, 0.5) is 0 Å². The molecule has 1 aromatic carbocycles. The normalized spacial score (nSPS) is 16.8. The van der Waals surface area contributed by atoms with Gasteiger partial charge in [-0.05, 0) is 62.9 Å². The molecule has 208 valence electrons. The molecule has 0 saturated carbocycles. The van der Waals surface area contributed by atoms with Gasteiger partial charge in [0, 0.05) is 26.5 Å². The highest BCUT2D eigenvalue weighted by Gasteiger charge is 2.46. The van der Waals surface area contributed by atoms with Crippen LogP contribution in [0.2, 0.25) is 0 Å². The number of imidazole rings is 1. The van der Waals surface area contributed by atoms with Gasteiger partial charge >= 0.3 is 0 Å². The number of methoxy groups -OCH3 is 1. The van der Waals surface area contributed by atoms with Crippen LogP contribution in [-0.4, -0.2) is 64.6 Å². The minimum Gasteiger partial charge on any atom is -0.505 e. The Labute approximate surface area is 229 Å². The van der Waals surface area contributed by atoms with E-state index in [1.807, 2.05) is 49.6 Å². The van der Waals surface area contributed by atoms with Crippen molar-refractivity contribution in [2.24, 2.45) is 0 Å². The molecule has 1 aliphatic rings. The number of hydrogen-bond acceptors (Lipinski definition) is 7. The Balaban J connectivity index is 1.86. The maximum atomic E-state index is 13.5.